The van der Waals surface area contributed by atoms with Gasteiger partial charge in [0.2, 0.25) is 0 Å². The van der Waals surface area contributed by atoms with E-state index < -0.39 is 5.56 Å². The first kappa shape index (κ1) is 16.4. The molecule has 0 radical (unpaired) electrons. The number of aryl methyl sites for hydroxylation is 1. The summed E-state index contributed by atoms with van der Waals surface area (Å²) in [6, 6.07) is 10.1. The molecule has 1 aromatic heterocycles. The smallest absolute Gasteiger partial charge is 0.277 e. The minimum atomic E-state index is -0.435. The zero-order valence-electron chi connectivity index (χ0n) is 14.0. The number of nitrogens with one attached hydrogen (secondary N) is 1. The number of carbonyl (C=O) groups is 1. The van der Waals surface area contributed by atoms with Crippen molar-refractivity contribution >= 4 is 5.91 Å². The van der Waals surface area contributed by atoms with E-state index in [-0.39, 0.29) is 23.3 Å². The molecule has 6 heteroatoms. The first-order valence-corrected chi connectivity index (χ1v) is 8.13. The molecule has 1 fully saturated rings. The highest BCUT2D eigenvalue weighted by Gasteiger charge is 2.36. The Kier molecular flexibility index (Phi) is 4.49. The van der Waals surface area contributed by atoms with Gasteiger partial charge in [0.15, 0.2) is 0 Å². The quantitative estimate of drug-likeness (QED) is 0.886. The minimum absolute atomic E-state index is 0.187. The van der Waals surface area contributed by atoms with Crippen molar-refractivity contribution in [1.29, 1.82) is 0 Å². The molecule has 1 amide bonds. The lowest BCUT2D eigenvalue weighted by Gasteiger charge is -2.17. The maximum absolute atomic E-state index is 12.9. The van der Waals surface area contributed by atoms with Gasteiger partial charge < -0.3 is 10.6 Å². The number of hydrogen-bond donors (Lipinski definition) is 2. The highest BCUT2D eigenvalue weighted by atomic mass is 16.2. The molecule has 1 saturated heterocycles. The SMILES string of the molecule is Cc1n[nH]c(=O)c(C(=O)N2C[C@@H](CN)[C@H](c3ccccc3)C2)c1C. The normalized spacial score (nSPS) is 20.4. The summed E-state index contributed by atoms with van der Waals surface area (Å²) in [5.41, 5.74) is 8.16. The summed E-state index contributed by atoms with van der Waals surface area (Å²) in [5, 5.41) is 6.32. The molecule has 0 aliphatic carbocycles. The fourth-order valence-electron chi connectivity index (χ4n) is 3.40. The Morgan fingerprint density at radius 3 is 2.67 bits per heavy atom. The van der Waals surface area contributed by atoms with Crippen LogP contribution in [0.2, 0.25) is 0 Å². The summed E-state index contributed by atoms with van der Waals surface area (Å²) >= 11 is 0. The van der Waals surface area contributed by atoms with E-state index in [1.54, 1.807) is 18.7 Å². The van der Waals surface area contributed by atoms with Crippen LogP contribution in [0.4, 0.5) is 0 Å². The van der Waals surface area contributed by atoms with Crippen molar-refractivity contribution in [3.05, 3.63) is 63.1 Å². The van der Waals surface area contributed by atoms with Crippen molar-refractivity contribution in [1.82, 2.24) is 15.1 Å². The van der Waals surface area contributed by atoms with E-state index in [2.05, 4.69) is 22.3 Å². The molecule has 2 atom stereocenters. The van der Waals surface area contributed by atoms with E-state index in [1.165, 1.54) is 5.56 Å². The summed E-state index contributed by atoms with van der Waals surface area (Å²) in [7, 11) is 0. The Balaban J connectivity index is 1.90. The number of H-pyrrole nitrogens is 1. The second kappa shape index (κ2) is 6.57. The summed E-state index contributed by atoms with van der Waals surface area (Å²) in [6.45, 7) is 5.19. The Bertz CT molecular complexity index is 800. The predicted octanol–water partition coefficient (Wildman–Crippen LogP) is 1.20. The monoisotopic (exact) mass is 326 g/mol. The number of carbonyl (C=O) groups excluding carboxylic acids is 1. The van der Waals surface area contributed by atoms with E-state index in [4.69, 9.17) is 5.73 Å². The van der Waals surface area contributed by atoms with Crippen molar-refractivity contribution in [3.8, 4) is 0 Å². The maximum atomic E-state index is 12.9. The van der Waals surface area contributed by atoms with Gasteiger partial charge in [-0.3, -0.25) is 9.59 Å². The van der Waals surface area contributed by atoms with Gasteiger partial charge in [0, 0.05) is 19.0 Å². The fourth-order valence-corrected chi connectivity index (χ4v) is 3.40. The number of aromatic nitrogens is 2. The van der Waals surface area contributed by atoms with E-state index in [0.29, 0.717) is 30.9 Å². The van der Waals surface area contributed by atoms with E-state index in [0.717, 1.165) is 0 Å². The van der Waals surface area contributed by atoms with E-state index in [9.17, 15) is 9.59 Å². The highest BCUT2D eigenvalue weighted by Crippen LogP contribution is 2.32. The van der Waals surface area contributed by atoms with Crippen molar-refractivity contribution in [3.63, 3.8) is 0 Å². The number of aromatic amines is 1. The number of nitrogens with two attached hydrogens (primary N) is 1. The van der Waals surface area contributed by atoms with Gasteiger partial charge in [0.05, 0.1) is 5.69 Å². The third-order valence-electron chi connectivity index (χ3n) is 4.94. The van der Waals surface area contributed by atoms with Gasteiger partial charge in [-0.1, -0.05) is 30.3 Å². The number of likely N-dealkylation sites (tertiary alicyclic amines) is 1. The molecule has 6 nitrogen and oxygen atoms in total. The Morgan fingerprint density at radius 1 is 1.29 bits per heavy atom. The number of rotatable bonds is 3. The Labute approximate surface area is 140 Å². The molecule has 1 aliphatic rings. The van der Waals surface area contributed by atoms with E-state index in [1.807, 2.05) is 18.2 Å². The number of nitrogens with zero attached hydrogens (tertiary/aromatic N) is 2. The second-order valence-electron chi connectivity index (χ2n) is 6.36. The topological polar surface area (TPSA) is 92.1 Å². The Hall–Kier alpha value is -2.47. The third kappa shape index (κ3) is 2.85. The van der Waals surface area contributed by atoms with Gasteiger partial charge in [-0.05, 0) is 37.4 Å². The van der Waals surface area contributed by atoms with Crippen molar-refractivity contribution in [2.24, 2.45) is 11.7 Å². The molecule has 3 N–H and O–H groups in total. The van der Waals surface area contributed by atoms with Crippen LogP contribution in [0.15, 0.2) is 35.1 Å². The van der Waals surface area contributed by atoms with Crippen LogP contribution < -0.4 is 11.3 Å². The maximum Gasteiger partial charge on any atom is 0.277 e. The third-order valence-corrected chi connectivity index (χ3v) is 4.94. The summed E-state index contributed by atoms with van der Waals surface area (Å²) in [4.78, 5) is 26.8. The molecular formula is C18H22N4O2. The van der Waals surface area contributed by atoms with Crippen LogP contribution in [0.25, 0.3) is 0 Å². The first-order valence-electron chi connectivity index (χ1n) is 8.13. The summed E-state index contributed by atoms with van der Waals surface area (Å²) < 4.78 is 0. The Morgan fingerprint density at radius 2 is 2.00 bits per heavy atom. The molecule has 2 heterocycles. The van der Waals surface area contributed by atoms with Crippen LogP contribution in [0.5, 0.6) is 0 Å². The molecular weight excluding hydrogens is 304 g/mol. The zero-order valence-corrected chi connectivity index (χ0v) is 14.0. The van der Waals surface area contributed by atoms with Crippen LogP contribution >= 0.6 is 0 Å². The van der Waals surface area contributed by atoms with Gasteiger partial charge in [-0.2, -0.15) is 5.10 Å². The average molecular weight is 326 g/mol. The van der Waals surface area contributed by atoms with Gasteiger partial charge in [0.1, 0.15) is 5.56 Å². The van der Waals surface area contributed by atoms with Gasteiger partial charge in [-0.15, -0.1) is 0 Å². The minimum Gasteiger partial charge on any atom is -0.337 e. The largest absolute Gasteiger partial charge is 0.337 e. The average Bonchev–Trinajstić information content (AvgIpc) is 3.03. The van der Waals surface area contributed by atoms with Crippen LogP contribution in [-0.2, 0) is 0 Å². The molecule has 0 spiro atoms. The molecule has 2 aromatic rings. The lowest BCUT2D eigenvalue weighted by atomic mass is 9.89. The summed E-state index contributed by atoms with van der Waals surface area (Å²) in [6.07, 6.45) is 0. The molecule has 0 unspecified atom stereocenters. The molecule has 126 valence electrons. The van der Waals surface area contributed by atoms with Gasteiger partial charge >= 0.3 is 0 Å². The molecule has 24 heavy (non-hydrogen) atoms. The van der Waals surface area contributed by atoms with Gasteiger partial charge in [0.25, 0.3) is 11.5 Å². The molecule has 0 bridgehead atoms. The standard InChI is InChI=1S/C18H22N4O2/c1-11-12(2)20-21-17(23)16(11)18(24)22-9-14(8-19)15(10-22)13-6-4-3-5-7-13/h3-7,14-15H,8-10,19H2,1-2H3,(H,21,23)/t14-,15+/m1/s1. The number of amides is 1. The first-order chi connectivity index (χ1) is 11.5. The molecule has 1 aromatic carbocycles. The van der Waals surface area contributed by atoms with Gasteiger partial charge in [-0.25, -0.2) is 5.10 Å². The molecule has 0 saturated carbocycles. The van der Waals surface area contributed by atoms with Crippen LogP contribution in [0.1, 0.15) is 33.1 Å². The summed E-state index contributed by atoms with van der Waals surface area (Å²) in [5.74, 6) is 0.150. The predicted molar refractivity (Wildman–Crippen MR) is 92.0 cm³/mol. The van der Waals surface area contributed by atoms with Crippen LogP contribution in [-0.4, -0.2) is 40.6 Å². The molecule has 3 rings (SSSR count). The fraction of sp³-hybridized carbons (Fsp3) is 0.389. The number of benzene rings is 1. The number of hydrogen-bond acceptors (Lipinski definition) is 4. The van der Waals surface area contributed by atoms with Crippen LogP contribution in [0, 0.1) is 19.8 Å². The highest BCUT2D eigenvalue weighted by molar-refractivity contribution is 5.95. The van der Waals surface area contributed by atoms with E-state index >= 15 is 0 Å². The van der Waals surface area contributed by atoms with Crippen molar-refractivity contribution in [2.75, 3.05) is 19.6 Å². The molecule has 1 aliphatic heterocycles. The lowest BCUT2D eigenvalue weighted by molar-refractivity contribution is 0.0783. The zero-order chi connectivity index (χ0) is 17.3. The van der Waals surface area contributed by atoms with Crippen molar-refractivity contribution in [2.45, 2.75) is 19.8 Å². The van der Waals surface area contributed by atoms with Crippen molar-refractivity contribution < 1.29 is 4.79 Å². The van der Waals surface area contributed by atoms with Crippen LogP contribution in [0.3, 0.4) is 0 Å². The lowest BCUT2D eigenvalue weighted by Crippen LogP contribution is -2.35. The second-order valence-corrected chi connectivity index (χ2v) is 6.36.